The summed E-state index contributed by atoms with van der Waals surface area (Å²) in [6.07, 6.45) is 5.06. The molecule has 2 bridgehead atoms. The Hall–Kier alpha value is -1.12. The number of ether oxygens (including phenoxy) is 1. The first kappa shape index (κ1) is 26.0. The quantitative estimate of drug-likeness (QED) is 0.551. The Morgan fingerprint density at radius 3 is 2.47 bits per heavy atom. The smallest absolute Gasteiger partial charge is 0.414 e. The number of hydrogen-bond donors (Lipinski definition) is 3. The van der Waals surface area contributed by atoms with Crippen LogP contribution in [0.5, 0.6) is 0 Å². The van der Waals surface area contributed by atoms with Gasteiger partial charge in [-0.1, -0.05) is 20.8 Å². The zero-order valence-electron chi connectivity index (χ0n) is 21.3. The van der Waals surface area contributed by atoms with E-state index in [2.05, 4.69) is 31.4 Å². The van der Waals surface area contributed by atoms with E-state index < -0.39 is 28.5 Å². The van der Waals surface area contributed by atoms with E-state index in [4.69, 9.17) is 4.74 Å². The van der Waals surface area contributed by atoms with Crippen LogP contribution in [0.3, 0.4) is 0 Å². The number of aliphatic hydroxyl groups is 1. The second-order valence-electron chi connectivity index (χ2n) is 11.8. The SMILES string of the molecule is CS[C@]1(C)C[C@@H](OC(=O)NC(=O)C2CCNCC2)[C@@]2(C)C3C(=O)CCC3(CC[C@H]2C)[C@@H](C)[C@@H]1O. The van der Waals surface area contributed by atoms with Crippen LogP contribution in [0.1, 0.15) is 72.6 Å². The second kappa shape index (κ2) is 9.40. The van der Waals surface area contributed by atoms with E-state index in [0.29, 0.717) is 25.7 Å². The van der Waals surface area contributed by atoms with Gasteiger partial charge in [-0.25, -0.2) is 4.79 Å². The van der Waals surface area contributed by atoms with E-state index in [9.17, 15) is 19.5 Å². The lowest BCUT2D eigenvalue weighted by Crippen LogP contribution is -2.64. The Kier molecular flexibility index (Phi) is 7.17. The van der Waals surface area contributed by atoms with Crippen molar-refractivity contribution in [3.8, 4) is 0 Å². The molecule has 0 aromatic heterocycles. The van der Waals surface area contributed by atoms with Gasteiger partial charge in [0.15, 0.2) is 0 Å². The van der Waals surface area contributed by atoms with Crippen LogP contribution in [0, 0.1) is 34.5 Å². The summed E-state index contributed by atoms with van der Waals surface area (Å²) in [5.74, 6) is -0.340. The van der Waals surface area contributed by atoms with Crippen molar-refractivity contribution in [2.45, 2.75) is 89.6 Å². The molecular weight excluding hydrogens is 452 g/mol. The number of aliphatic hydroxyl groups excluding tert-OH is 1. The molecule has 1 heterocycles. The van der Waals surface area contributed by atoms with Gasteiger partial charge in [0.25, 0.3) is 0 Å². The van der Waals surface area contributed by atoms with Gasteiger partial charge < -0.3 is 15.2 Å². The van der Waals surface area contributed by atoms with Crippen molar-refractivity contribution >= 4 is 29.5 Å². The summed E-state index contributed by atoms with van der Waals surface area (Å²) < 4.78 is 5.58. The molecule has 192 valence electrons. The summed E-state index contributed by atoms with van der Waals surface area (Å²) in [5, 5.41) is 17.3. The van der Waals surface area contributed by atoms with Crippen molar-refractivity contribution in [1.29, 1.82) is 0 Å². The van der Waals surface area contributed by atoms with Crippen molar-refractivity contribution in [3.63, 3.8) is 0 Å². The minimum Gasteiger partial charge on any atom is -0.445 e. The normalized spacial score (nSPS) is 45.1. The molecular formula is C26H42N2O5S. The molecule has 1 saturated heterocycles. The maximum atomic E-state index is 13.4. The van der Waals surface area contributed by atoms with Crippen LogP contribution in [0.25, 0.3) is 0 Å². The molecule has 3 aliphatic carbocycles. The first-order valence-corrected chi connectivity index (χ1v) is 14.2. The highest BCUT2D eigenvalue weighted by Crippen LogP contribution is 2.67. The largest absolute Gasteiger partial charge is 0.445 e. The number of rotatable bonds is 3. The Bertz CT molecular complexity index is 832. The van der Waals surface area contributed by atoms with E-state index in [1.54, 1.807) is 11.8 Å². The summed E-state index contributed by atoms with van der Waals surface area (Å²) in [6, 6.07) is 0. The van der Waals surface area contributed by atoms with Gasteiger partial charge >= 0.3 is 6.09 Å². The zero-order chi connectivity index (χ0) is 24.9. The number of ketones is 1. The number of thioether (sulfide) groups is 1. The average molecular weight is 495 g/mol. The van der Waals surface area contributed by atoms with Crippen LogP contribution in [-0.2, 0) is 14.3 Å². The molecule has 1 aliphatic heterocycles. The number of hydrogen-bond acceptors (Lipinski definition) is 7. The summed E-state index contributed by atoms with van der Waals surface area (Å²) in [4.78, 5) is 39.2. The van der Waals surface area contributed by atoms with E-state index in [1.165, 1.54) is 0 Å². The van der Waals surface area contributed by atoms with Gasteiger partial charge in [0, 0.05) is 34.8 Å². The third kappa shape index (κ3) is 4.01. The maximum Gasteiger partial charge on any atom is 0.414 e. The molecule has 8 heteroatoms. The first-order chi connectivity index (χ1) is 16.0. The number of Topliss-reactive ketones (excluding diaryl/α,β-unsaturated/α-hetero) is 1. The molecule has 8 atom stereocenters. The molecule has 3 saturated carbocycles. The van der Waals surface area contributed by atoms with Gasteiger partial charge in [-0.2, -0.15) is 11.8 Å². The topological polar surface area (TPSA) is 105 Å². The number of carbonyl (C=O) groups is 3. The van der Waals surface area contributed by atoms with E-state index in [-0.39, 0.29) is 40.8 Å². The van der Waals surface area contributed by atoms with Crippen molar-refractivity contribution in [2.75, 3.05) is 19.3 Å². The number of piperidine rings is 1. The molecule has 3 N–H and O–H groups in total. The van der Waals surface area contributed by atoms with Gasteiger partial charge in [-0.3, -0.25) is 14.9 Å². The van der Waals surface area contributed by atoms with Crippen molar-refractivity contribution in [3.05, 3.63) is 0 Å². The monoisotopic (exact) mass is 494 g/mol. The fourth-order valence-electron chi connectivity index (χ4n) is 7.87. The molecule has 4 rings (SSSR count). The van der Waals surface area contributed by atoms with Crippen molar-refractivity contribution < 1.29 is 24.2 Å². The van der Waals surface area contributed by atoms with Crippen molar-refractivity contribution in [1.82, 2.24) is 10.6 Å². The van der Waals surface area contributed by atoms with Gasteiger partial charge in [-0.15, -0.1) is 0 Å². The van der Waals surface area contributed by atoms with Crippen LogP contribution >= 0.6 is 11.8 Å². The highest BCUT2D eigenvalue weighted by Gasteiger charge is 2.68. The molecule has 7 nitrogen and oxygen atoms in total. The Morgan fingerprint density at radius 2 is 1.82 bits per heavy atom. The van der Waals surface area contributed by atoms with Crippen LogP contribution < -0.4 is 10.6 Å². The average Bonchev–Trinajstić information content (AvgIpc) is 3.18. The maximum absolute atomic E-state index is 13.4. The number of imide groups is 1. The molecule has 34 heavy (non-hydrogen) atoms. The van der Waals surface area contributed by atoms with Gasteiger partial charge in [0.2, 0.25) is 5.91 Å². The zero-order valence-corrected chi connectivity index (χ0v) is 22.1. The number of carbonyl (C=O) groups excluding carboxylic acids is 3. The predicted octanol–water partition coefficient (Wildman–Crippen LogP) is 3.53. The Balaban J connectivity index is 1.67. The predicted molar refractivity (Wildman–Crippen MR) is 132 cm³/mol. The Labute approximate surface area is 207 Å². The third-order valence-electron chi connectivity index (χ3n) is 10.4. The fourth-order valence-corrected chi connectivity index (χ4v) is 8.64. The first-order valence-electron chi connectivity index (χ1n) is 13.0. The van der Waals surface area contributed by atoms with E-state index >= 15 is 0 Å². The highest BCUT2D eigenvalue weighted by atomic mass is 32.2. The molecule has 0 spiro atoms. The van der Waals surface area contributed by atoms with Crippen molar-refractivity contribution in [2.24, 2.45) is 34.5 Å². The summed E-state index contributed by atoms with van der Waals surface area (Å²) in [5.41, 5.74) is -0.829. The highest BCUT2D eigenvalue weighted by molar-refractivity contribution is 8.00. The van der Waals surface area contributed by atoms with Gasteiger partial charge in [0.05, 0.1) is 6.10 Å². The van der Waals surface area contributed by atoms with Crippen LogP contribution in [0.2, 0.25) is 0 Å². The lowest BCUT2D eigenvalue weighted by molar-refractivity contribution is -0.179. The van der Waals surface area contributed by atoms with Crippen LogP contribution in [0.4, 0.5) is 4.79 Å². The fraction of sp³-hybridized carbons (Fsp3) is 0.885. The lowest BCUT2D eigenvalue weighted by atomic mass is 9.45. The molecule has 0 aromatic carbocycles. The molecule has 0 radical (unpaired) electrons. The summed E-state index contributed by atoms with van der Waals surface area (Å²) in [7, 11) is 0. The van der Waals surface area contributed by atoms with Crippen LogP contribution in [0.15, 0.2) is 0 Å². The van der Waals surface area contributed by atoms with Crippen LogP contribution in [-0.4, -0.2) is 59.2 Å². The third-order valence-corrected chi connectivity index (χ3v) is 11.7. The number of amides is 2. The van der Waals surface area contributed by atoms with Gasteiger partial charge in [0.1, 0.15) is 11.9 Å². The molecule has 2 amide bonds. The summed E-state index contributed by atoms with van der Waals surface area (Å²) in [6.45, 7) is 9.98. The standard InChI is InChI=1S/C26H42N2O5S/c1-15-6-10-26-11-7-18(29)20(26)25(15,4)19(14-24(3,34-5)21(30)16(26)2)33-23(32)28-22(31)17-8-12-27-13-9-17/h15-17,19-21,27,30H,6-14H2,1-5H3,(H,28,31,32)/t15-,16+,19-,20?,21+,24-,25+,26?/m1/s1. The lowest BCUT2D eigenvalue weighted by Gasteiger charge is -2.61. The summed E-state index contributed by atoms with van der Waals surface area (Å²) >= 11 is 1.60. The minimum absolute atomic E-state index is 0.0236. The van der Waals surface area contributed by atoms with E-state index in [0.717, 1.165) is 32.4 Å². The minimum atomic E-state index is -0.727. The molecule has 4 fully saturated rings. The van der Waals surface area contributed by atoms with Gasteiger partial charge in [-0.05, 0) is 75.6 Å². The molecule has 2 unspecified atom stereocenters. The molecule has 0 aromatic rings. The van der Waals surface area contributed by atoms with E-state index in [1.807, 2.05) is 13.2 Å². The number of nitrogens with one attached hydrogen (secondary N) is 2. The molecule has 4 aliphatic rings. The second-order valence-corrected chi connectivity index (χ2v) is 13.1. The Morgan fingerprint density at radius 1 is 1.15 bits per heavy atom. The number of alkyl carbamates (subject to hydrolysis) is 1.